The predicted octanol–water partition coefficient (Wildman–Crippen LogP) is 2.61. The van der Waals surface area contributed by atoms with Gasteiger partial charge in [0.15, 0.2) is 9.84 Å². The third-order valence-electron chi connectivity index (χ3n) is 2.88. The molecule has 0 spiro atoms. The van der Waals surface area contributed by atoms with Gasteiger partial charge in [-0.25, -0.2) is 8.42 Å². The Labute approximate surface area is 122 Å². The quantitative estimate of drug-likeness (QED) is 0.677. The van der Waals surface area contributed by atoms with Gasteiger partial charge in [-0.3, -0.25) is 10.1 Å². The van der Waals surface area contributed by atoms with Crippen molar-refractivity contribution in [1.29, 1.82) is 0 Å². The number of nitrogens with one attached hydrogen (secondary N) is 1. The summed E-state index contributed by atoms with van der Waals surface area (Å²) >= 11 is 0. The normalized spacial score (nSPS) is 11.1. The van der Waals surface area contributed by atoms with Crippen LogP contribution in [0.25, 0.3) is 0 Å². The van der Waals surface area contributed by atoms with E-state index < -0.39 is 14.8 Å². The lowest BCUT2D eigenvalue weighted by atomic mass is 10.2. The minimum atomic E-state index is -3.26. The Balaban J connectivity index is 2.13. The Hall–Kier alpha value is -2.41. The number of benzene rings is 2. The molecule has 0 aliphatic carbocycles. The van der Waals surface area contributed by atoms with E-state index in [1.165, 1.54) is 24.3 Å². The summed E-state index contributed by atoms with van der Waals surface area (Å²) < 4.78 is 23.0. The maximum Gasteiger partial charge on any atom is 0.269 e. The Morgan fingerprint density at radius 3 is 2.52 bits per heavy atom. The number of anilines is 1. The van der Waals surface area contributed by atoms with Gasteiger partial charge < -0.3 is 5.32 Å². The number of sulfone groups is 1. The Bertz CT molecular complexity index is 772. The summed E-state index contributed by atoms with van der Waals surface area (Å²) in [5.74, 6) is 0. The Morgan fingerprint density at radius 2 is 1.86 bits per heavy atom. The molecule has 0 radical (unpaired) electrons. The average Bonchev–Trinajstić information content (AvgIpc) is 2.45. The number of nitrogens with zero attached hydrogens (tertiary/aromatic N) is 1. The van der Waals surface area contributed by atoms with Crippen molar-refractivity contribution in [2.24, 2.45) is 0 Å². The van der Waals surface area contributed by atoms with Gasteiger partial charge in [0.25, 0.3) is 5.69 Å². The van der Waals surface area contributed by atoms with E-state index >= 15 is 0 Å². The van der Waals surface area contributed by atoms with Gasteiger partial charge in [0.1, 0.15) is 0 Å². The van der Waals surface area contributed by atoms with Crippen molar-refractivity contribution in [3.05, 3.63) is 64.2 Å². The van der Waals surface area contributed by atoms with Gasteiger partial charge in [-0.1, -0.05) is 18.2 Å². The fraction of sp³-hybridized carbons (Fsp3) is 0.143. The van der Waals surface area contributed by atoms with Gasteiger partial charge in [-0.2, -0.15) is 0 Å². The highest BCUT2D eigenvalue weighted by molar-refractivity contribution is 7.90. The van der Waals surface area contributed by atoms with Gasteiger partial charge in [0.05, 0.1) is 9.82 Å². The summed E-state index contributed by atoms with van der Waals surface area (Å²) in [5.41, 5.74) is 1.41. The molecule has 1 N–H and O–H groups in total. The number of nitro benzene ring substituents is 1. The molecular weight excluding hydrogens is 292 g/mol. The SMILES string of the molecule is CS(=O)(=O)c1cccc(NCc2cccc([N+](=O)[O-])c2)c1. The summed E-state index contributed by atoms with van der Waals surface area (Å²) in [6, 6.07) is 12.7. The highest BCUT2D eigenvalue weighted by Crippen LogP contribution is 2.18. The Kier molecular flexibility index (Phi) is 4.23. The number of non-ortho nitro benzene ring substituents is 1. The largest absolute Gasteiger partial charge is 0.381 e. The van der Waals surface area contributed by atoms with E-state index in [9.17, 15) is 18.5 Å². The molecule has 0 unspecified atom stereocenters. The number of nitro groups is 1. The molecule has 0 amide bonds. The first-order valence-electron chi connectivity index (χ1n) is 6.13. The molecule has 0 saturated carbocycles. The lowest BCUT2D eigenvalue weighted by Gasteiger charge is -2.08. The summed E-state index contributed by atoms with van der Waals surface area (Å²) in [6.45, 7) is 0.370. The van der Waals surface area contributed by atoms with Crippen LogP contribution in [0.5, 0.6) is 0 Å². The topological polar surface area (TPSA) is 89.3 Å². The first-order chi connectivity index (χ1) is 9.86. The van der Waals surface area contributed by atoms with Crippen LogP contribution in [0.2, 0.25) is 0 Å². The van der Waals surface area contributed by atoms with Crippen LogP contribution in [0.15, 0.2) is 53.4 Å². The van der Waals surface area contributed by atoms with Crippen molar-refractivity contribution >= 4 is 21.2 Å². The highest BCUT2D eigenvalue weighted by Gasteiger charge is 2.08. The molecule has 0 aliphatic heterocycles. The monoisotopic (exact) mass is 306 g/mol. The smallest absolute Gasteiger partial charge is 0.269 e. The van der Waals surface area contributed by atoms with Crippen LogP contribution in [0, 0.1) is 10.1 Å². The molecule has 110 valence electrons. The van der Waals surface area contributed by atoms with Crippen molar-refractivity contribution in [2.75, 3.05) is 11.6 Å². The maximum atomic E-state index is 11.5. The van der Waals surface area contributed by atoms with E-state index in [0.29, 0.717) is 12.2 Å². The van der Waals surface area contributed by atoms with Crippen LogP contribution >= 0.6 is 0 Å². The first kappa shape index (κ1) is 15.0. The molecule has 21 heavy (non-hydrogen) atoms. The minimum Gasteiger partial charge on any atom is -0.381 e. The van der Waals surface area contributed by atoms with Crippen LogP contribution in [-0.2, 0) is 16.4 Å². The molecular formula is C14H14N2O4S. The van der Waals surface area contributed by atoms with Crippen molar-refractivity contribution in [2.45, 2.75) is 11.4 Å². The average molecular weight is 306 g/mol. The van der Waals surface area contributed by atoms with Crippen LogP contribution < -0.4 is 5.32 Å². The molecule has 2 aromatic rings. The maximum absolute atomic E-state index is 11.5. The van der Waals surface area contributed by atoms with Crippen molar-refractivity contribution in [3.8, 4) is 0 Å². The van der Waals surface area contributed by atoms with Crippen molar-refractivity contribution in [1.82, 2.24) is 0 Å². The zero-order chi connectivity index (χ0) is 15.5. The number of hydrogen-bond donors (Lipinski definition) is 1. The summed E-state index contributed by atoms with van der Waals surface area (Å²) in [4.78, 5) is 10.5. The standard InChI is InChI=1S/C14H14N2O4S/c1-21(19,20)14-7-3-5-12(9-14)15-10-11-4-2-6-13(8-11)16(17)18/h2-9,15H,10H2,1H3. The van der Waals surface area contributed by atoms with E-state index in [1.807, 2.05) is 0 Å². The van der Waals surface area contributed by atoms with E-state index in [2.05, 4.69) is 5.32 Å². The zero-order valence-electron chi connectivity index (χ0n) is 11.3. The molecule has 0 heterocycles. The van der Waals surface area contributed by atoms with Gasteiger partial charge >= 0.3 is 0 Å². The molecule has 0 atom stereocenters. The highest BCUT2D eigenvalue weighted by atomic mass is 32.2. The number of rotatable bonds is 5. The second kappa shape index (κ2) is 5.92. The molecule has 0 bridgehead atoms. The van der Waals surface area contributed by atoms with Crippen molar-refractivity contribution < 1.29 is 13.3 Å². The third-order valence-corrected chi connectivity index (χ3v) is 3.99. The Morgan fingerprint density at radius 1 is 1.14 bits per heavy atom. The van der Waals surface area contributed by atoms with Gasteiger partial charge in [0.2, 0.25) is 0 Å². The van der Waals surface area contributed by atoms with Crippen LogP contribution in [0.3, 0.4) is 0 Å². The lowest BCUT2D eigenvalue weighted by molar-refractivity contribution is -0.384. The lowest BCUT2D eigenvalue weighted by Crippen LogP contribution is -2.02. The molecule has 7 heteroatoms. The molecule has 0 fully saturated rings. The molecule has 2 aromatic carbocycles. The van der Waals surface area contributed by atoms with Gasteiger partial charge in [-0.15, -0.1) is 0 Å². The third kappa shape index (κ3) is 4.03. The van der Waals surface area contributed by atoms with E-state index in [4.69, 9.17) is 0 Å². The van der Waals surface area contributed by atoms with Crippen molar-refractivity contribution in [3.63, 3.8) is 0 Å². The fourth-order valence-electron chi connectivity index (χ4n) is 1.82. The summed E-state index contributed by atoms with van der Waals surface area (Å²) in [7, 11) is -3.26. The van der Waals surface area contributed by atoms with Crippen LogP contribution in [0.1, 0.15) is 5.56 Å². The van der Waals surface area contributed by atoms with Gasteiger partial charge in [-0.05, 0) is 23.8 Å². The predicted molar refractivity (Wildman–Crippen MR) is 80.0 cm³/mol. The molecule has 0 saturated heterocycles. The second-order valence-corrected chi connectivity index (χ2v) is 6.60. The van der Waals surface area contributed by atoms with Crippen LogP contribution in [-0.4, -0.2) is 19.6 Å². The van der Waals surface area contributed by atoms with Gasteiger partial charge in [0, 0.05) is 30.6 Å². The van der Waals surface area contributed by atoms with E-state index in [0.717, 1.165) is 11.8 Å². The first-order valence-corrected chi connectivity index (χ1v) is 8.03. The molecule has 6 nitrogen and oxygen atoms in total. The van der Waals surface area contributed by atoms with Crippen LogP contribution in [0.4, 0.5) is 11.4 Å². The zero-order valence-corrected chi connectivity index (χ0v) is 12.1. The second-order valence-electron chi connectivity index (χ2n) is 4.58. The van der Waals surface area contributed by atoms with E-state index in [-0.39, 0.29) is 10.6 Å². The minimum absolute atomic E-state index is 0.0270. The van der Waals surface area contributed by atoms with E-state index in [1.54, 1.807) is 24.3 Å². The summed E-state index contributed by atoms with van der Waals surface area (Å²) in [5, 5.41) is 13.8. The molecule has 0 aliphatic rings. The molecule has 0 aromatic heterocycles. The summed E-state index contributed by atoms with van der Waals surface area (Å²) in [6.07, 6.45) is 1.15. The number of hydrogen-bond acceptors (Lipinski definition) is 5. The fourth-order valence-corrected chi connectivity index (χ4v) is 2.49. The molecule has 2 rings (SSSR count).